The molecule has 9 heteroatoms. The molecule has 9 nitrogen and oxygen atoms in total. The maximum Gasteiger partial charge on any atom is 0.248 e. The number of methoxy groups -OCH3 is 1. The summed E-state index contributed by atoms with van der Waals surface area (Å²) in [6.45, 7) is 7.18. The number of carbonyl (C=O) groups excluding carboxylic acids is 1. The fourth-order valence-electron chi connectivity index (χ4n) is 4.18. The molecule has 0 bridgehead atoms. The van der Waals surface area contributed by atoms with Crippen molar-refractivity contribution in [3.8, 4) is 11.3 Å². The fraction of sp³-hybridized carbons (Fsp3) is 0.619. The van der Waals surface area contributed by atoms with E-state index in [4.69, 9.17) is 14.2 Å². The number of likely N-dealkylation sites (N-methyl/N-ethyl adjacent to an activating group) is 1. The smallest absolute Gasteiger partial charge is 0.248 e. The number of hydrogen-bond donors (Lipinski definition) is 0. The molecule has 2 aromatic rings. The Balaban J connectivity index is 1.65. The van der Waals surface area contributed by atoms with Crippen LogP contribution < -0.4 is 4.90 Å². The van der Waals surface area contributed by atoms with Gasteiger partial charge >= 0.3 is 0 Å². The van der Waals surface area contributed by atoms with Crippen LogP contribution >= 0.6 is 0 Å². The average Bonchev–Trinajstić information content (AvgIpc) is 3.20. The lowest BCUT2D eigenvalue weighted by Crippen LogP contribution is -2.45. The molecule has 2 aromatic heterocycles. The van der Waals surface area contributed by atoms with E-state index in [1.165, 1.54) is 0 Å². The van der Waals surface area contributed by atoms with Crippen LogP contribution in [0.1, 0.15) is 30.1 Å². The van der Waals surface area contributed by atoms with Gasteiger partial charge in [0.25, 0.3) is 0 Å². The Morgan fingerprint density at radius 1 is 1.27 bits per heavy atom. The average molecular weight is 415 g/mol. The first kappa shape index (κ1) is 20.7. The summed E-state index contributed by atoms with van der Waals surface area (Å²) in [5.74, 6) is 1.56. The van der Waals surface area contributed by atoms with Gasteiger partial charge < -0.3 is 24.0 Å². The van der Waals surface area contributed by atoms with Crippen molar-refractivity contribution in [3.63, 3.8) is 0 Å². The van der Waals surface area contributed by atoms with Crippen LogP contribution in [0.15, 0.2) is 16.8 Å². The highest BCUT2D eigenvalue weighted by Crippen LogP contribution is 2.34. The van der Waals surface area contributed by atoms with E-state index < -0.39 is 0 Å². The predicted octanol–water partition coefficient (Wildman–Crippen LogP) is 1.54. The monoisotopic (exact) mass is 414 g/mol. The molecule has 1 unspecified atom stereocenters. The molecule has 0 N–H and O–H groups in total. The number of hydrogen-bond acceptors (Lipinski definition) is 8. The molecule has 162 valence electrons. The first-order valence-corrected chi connectivity index (χ1v) is 10.6. The Morgan fingerprint density at radius 2 is 2.07 bits per heavy atom. The summed E-state index contributed by atoms with van der Waals surface area (Å²) >= 11 is 0. The normalized spacial score (nSPS) is 20.6. The van der Waals surface area contributed by atoms with Crippen molar-refractivity contribution in [1.29, 1.82) is 0 Å². The third-order valence-corrected chi connectivity index (χ3v) is 5.91. The molecule has 4 rings (SSSR count). The minimum Gasteiger partial charge on any atom is -0.375 e. The van der Waals surface area contributed by atoms with E-state index >= 15 is 0 Å². The first-order valence-electron chi connectivity index (χ1n) is 10.6. The highest BCUT2D eigenvalue weighted by Gasteiger charge is 2.30. The number of likely N-dealkylation sites (tertiary alicyclic amines) is 1. The maximum atomic E-state index is 12.4. The number of aryl methyl sites for hydroxylation is 1. The minimum absolute atomic E-state index is 0.0209. The van der Waals surface area contributed by atoms with E-state index in [-0.39, 0.29) is 18.4 Å². The van der Waals surface area contributed by atoms with Crippen molar-refractivity contribution in [1.82, 2.24) is 24.9 Å². The van der Waals surface area contributed by atoms with Crippen molar-refractivity contribution < 1.29 is 14.1 Å². The van der Waals surface area contributed by atoms with Gasteiger partial charge in [0.15, 0.2) is 5.76 Å². The first-order chi connectivity index (χ1) is 14.5. The van der Waals surface area contributed by atoms with Crippen molar-refractivity contribution in [3.05, 3.63) is 23.7 Å². The molecule has 0 aromatic carbocycles. The largest absolute Gasteiger partial charge is 0.375 e. The molecule has 2 aliphatic rings. The second kappa shape index (κ2) is 9.09. The number of nitrogens with zero attached hydrogens (tertiary/aromatic N) is 6. The third kappa shape index (κ3) is 4.46. The van der Waals surface area contributed by atoms with Crippen molar-refractivity contribution in [2.24, 2.45) is 0 Å². The van der Waals surface area contributed by atoms with Gasteiger partial charge in [-0.2, -0.15) is 0 Å². The van der Waals surface area contributed by atoms with Gasteiger partial charge in [-0.1, -0.05) is 5.16 Å². The molecule has 0 saturated carbocycles. The van der Waals surface area contributed by atoms with E-state index in [0.717, 1.165) is 68.5 Å². The summed E-state index contributed by atoms with van der Waals surface area (Å²) in [4.78, 5) is 28.5. The quantitative estimate of drug-likeness (QED) is 0.728. The number of carbonyl (C=O) groups is 1. The van der Waals surface area contributed by atoms with Crippen LogP contribution in [0.5, 0.6) is 0 Å². The van der Waals surface area contributed by atoms with E-state index in [1.807, 2.05) is 24.1 Å². The second-order valence-electron chi connectivity index (χ2n) is 8.20. The molecule has 0 radical (unpaired) electrons. The number of piperazine rings is 1. The van der Waals surface area contributed by atoms with Crippen LogP contribution in [0.3, 0.4) is 0 Å². The molecule has 4 heterocycles. The summed E-state index contributed by atoms with van der Waals surface area (Å²) in [7, 11) is 3.68. The van der Waals surface area contributed by atoms with Crippen molar-refractivity contribution >= 4 is 11.9 Å². The Morgan fingerprint density at radius 3 is 2.77 bits per heavy atom. The number of anilines is 1. The van der Waals surface area contributed by atoms with E-state index in [2.05, 4.69) is 27.0 Å². The third-order valence-electron chi connectivity index (χ3n) is 5.91. The van der Waals surface area contributed by atoms with Crippen LogP contribution in [0.2, 0.25) is 0 Å². The number of aromatic nitrogens is 3. The fourth-order valence-corrected chi connectivity index (χ4v) is 4.18. The van der Waals surface area contributed by atoms with Gasteiger partial charge in [0.05, 0.1) is 17.0 Å². The number of ether oxygens (including phenoxy) is 1. The Hall–Kier alpha value is -2.52. The molecule has 0 spiro atoms. The van der Waals surface area contributed by atoms with Crippen LogP contribution in [-0.2, 0) is 9.53 Å². The zero-order chi connectivity index (χ0) is 21.1. The highest BCUT2D eigenvalue weighted by atomic mass is 16.5. The molecular formula is C21H30N6O3. The Labute approximate surface area is 177 Å². The molecule has 30 heavy (non-hydrogen) atoms. The molecule has 1 amide bonds. The highest BCUT2D eigenvalue weighted by molar-refractivity contribution is 5.77. The molecule has 2 saturated heterocycles. The zero-order valence-electron chi connectivity index (χ0n) is 18.0. The van der Waals surface area contributed by atoms with Gasteiger partial charge in [-0.05, 0) is 26.8 Å². The zero-order valence-corrected chi connectivity index (χ0v) is 18.0. The summed E-state index contributed by atoms with van der Waals surface area (Å²) in [6, 6.07) is 1.91. The maximum absolute atomic E-state index is 12.4. The van der Waals surface area contributed by atoms with Crippen molar-refractivity contribution in [2.45, 2.75) is 25.7 Å². The predicted molar refractivity (Wildman–Crippen MR) is 112 cm³/mol. The van der Waals surface area contributed by atoms with E-state index in [9.17, 15) is 4.79 Å². The SMILES string of the molecule is COCC(=O)N1CCCC(c2nc(N3CCN(C)CC3)ncc2-c2cc(C)no2)C1. The summed E-state index contributed by atoms with van der Waals surface area (Å²) in [5.41, 5.74) is 2.61. The molecule has 2 fully saturated rings. The van der Waals surface area contributed by atoms with Crippen molar-refractivity contribution in [2.75, 3.05) is 64.9 Å². The van der Waals surface area contributed by atoms with Crippen LogP contribution in [0.25, 0.3) is 11.3 Å². The number of rotatable bonds is 5. The Bertz CT molecular complexity index is 877. The molecular weight excluding hydrogens is 384 g/mol. The van der Waals surface area contributed by atoms with Gasteiger partial charge in [0.1, 0.15) is 6.61 Å². The lowest BCUT2D eigenvalue weighted by molar-refractivity contribution is -0.136. The second-order valence-corrected chi connectivity index (χ2v) is 8.20. The standard InChI is InChI=1S/C21H30N6O3/c1-15-11-18(30-24-15)17-12-22-21(26-9-7-25(2)8-10-26)23-20(17)16-5-4-6-27(13-16)19(28)14-29-3/h11-12,16H,4-10,13-14H2,1-3H3. The van der Waals surface area contributed by atoms with Gasteiger partial charge in [0.2, 0.25) is 11.9 Å². The number of amides is 1. The van der Waals surface area contributed by atoms with Gasteiger partial charge in [-0.3, -0.25) is 4.79 Å². The van der Waals surface area contributed by atoms with Crippen LogP contribution in [0.4, 0.5) is 5.95 Å². The van der Waals surface area contributed by atoms with Gasteiger partial charge in [-0.25, -0.2) is 9.97 Å². The topological polar surface area (TPSA) is 87.8 Å². The lowest BCUT2D eigenvalue weighted by atomic mass is 9.91. The van der Waals surface area contributed by atoms with E-state index in [1.54, 1.807) is 7.11 Å². The summed E-state index contributed by atoms with van der Waals surface area (Å²) in [5, 5.41) is 4.04. The lowest BCUT2D eigenvalue weighted by Gasteiger charge is -2.35. The van der Waals surface area contributed by atoms with Gasteiger partial charge in [-0.15, -0.1) is 0 Å². The molecule has 2 aliphatic heterocycles. The summed E-state index contributed by atoms with van der Waals surface area (Å²) in [6.07, 6.45) is 3.75. The van der Waals surface area contributed by atoms with Gasteiger partial charge in [0, 0.05) is 64.6 Å². The van der Waals surface area contributed by atoms with Crippen LogP contribution in [0, 0.1) is 6.92 Å². The summed E-state index contributed by atoms with van der Waals surface area (Å²) < 4.78 is 10.6. The Kier molecular flexibility index (Phi) is 6.29. The van der Waals surface area contributed by atoms with Crippen LogP contribution in [-0.4, -0.2) is 90.9 Å². The van der Waals surface area contributed by atoms with E-state index in [0.29, 0.717) is 12.3 Å². The number of piperidine rings is 1. The molecule has 1 atom stereocenters. The molecule has 0 aliphatic carbocycles. The minimum atomic E-state index is 0.0209.